The smallest absolute Gasteiger partial charge is 0.512 e. The molecule has 58 heavy (non-hydrogen) atoms. The van der Waals surface area contributed by atoms with Crippen molar-refractivity contribution in [2.24, 2.45) is 44.8 Å². The normalized spacial score (nSPS) is 16.3. The van der Waals surface area contributed by atoms with Crippen molar-refractivity contribution in [2.45, 2.75) is 110 Å². The maximum atomic E-state index is 10.0. The van der Waals surface area contributed by atoms with Gasteiger partial charge in [0.2, 0.25) is 0 Å². The molecule has 4 aliphatic rings. The monoisotopic (exact) mass is 833 g/mol. The molecule has 0 amide bonds. The van der Waals surface area contributed by atoms with E-state index in [2.05, 4.69) is 91.3 Å². The molecule has 4 saturated carbocycles. The molecule has 0 bridgehead atoms. The number of nitrogens with zero attached hydrogens (tertiary/aromatic N) is 4. The summed E-state index contributed by atoms with van der Waals surface area (Å²) in [4.78, 5) is 10.0. The van der Waals surface area contributed by atoms with Crippen LogP contribution in [-0.2, 0) is 4.79 Å². The number of nitrogens with two attached hydrogens (primary N) is 1. The van der Waals surface area contributed by atoms with Crippen LogP contribution in [0, 0.1) is 35.5 Å². The zero-order valence-electron chi connectivity index (χ0n) is 37.3. The average molecular weight is 833 g/mol. The first kappa shape index (κ1) is 65.3. The van der Waals surface area contributed by atoms with Crippen LogP contribution in [0.4, 0.5) is 0 Å². The molecule has 0 atom stereocenters. The average Bonchev–Trinajstić information content (AvgIpc) is 4.09. The molecule has 20 nitrogen and oxygen atoms in total. The molecule has 333 valence electrons. The Morgan fingerprint density at radius 2 is 0.776 bits per heavy atom. The molecular formula is C36H84BN19NaO. The molecule has 4 rings (SSSR count). The predicted molar refractivity (Wildman–Crippen MR) is 238 cm³/mol. The first-order valence-electron chi connectivity index (χ1n) is 20.4. The van der Waals surface area contributed by atoms with Crippen LogP contribution < -0.4 is 111 Å². The fourth-order valence-corrected chi connectivity index (χ4v) is 5.72. The van der Waals surface area contributed by atoms with E-state index in [4.69, 9.17) is 17.7 Å². The number of hydrazone groups is 3. The van der Waals surface area contributed by atoms with Crippen LogP contribution in [-0.4, -0.2) is 102 Å². The van der Waals surface area contributed by atoms with Crippen molar-refractivity contribution in [1.82, 2.24) is 76.0 Å². The molecule has 0 aliphatic heterocycles. The Balaban J connectivity index is -0.000000196. The van der Waals surface area contributed by atoms with Gasteiger partial charge in [0.1, 0.15) is 6.29 Å². The number of nitrogens with one attached hydrogen (secondary N) is 14. The largest absolute Gasteiger partial charge is 1.00 e. The van der Waals surface area contributed by atoms with Gasteiger partial charge in [-0.15, -0.1) is 0 Å². The topological polar surface area (TPSA) is 272 Å². The standard InChI is InChI=1S/3C8H18N4.C6H10O.C3H10N2.C2H10N4.CN.B.Na/c3*1-9-11-7-12-10-6-8-4-2-3-5-8;7-5-6-3-1-2-4-6;1-3-5-4-2;1-4-6-2-5-3;1-2;;/h3*6,8-9,11-12H,2-5,7H2,1H3;5-6H,1-4H2;4-5H,3H2,1-2H3;4-6H,2-3H2,1H3;;;/q;;;;;;-1;;+1/b3*10-6+;;;;;;. The van der Waals surface area contributed by atoms with Gasteiger partial charge in [-0.3, -0.25) is 54.7 Å². The summed E-state index contributed by atoms with van der Waals surface area (Å²) in [5.74, 6) is 7.42. The summed E-state index contributed by atoms with van der Waals surface area (Å²) in [7, 11) is 9.13. The van der Waals surface area contributed by atoms with Crippen LogP contribution >= 0.6 is 0 Å². The summed E-state index contributed by atoms with van der Waals surface area (Å²) in [6.07, 6.45) is 28.1. The maximum absolute atomic E-state index is 10.0. The maximum Gasteiger partial charge on any atom is 1.00 e. The Labute approximate surface area is 376 Å². The van der Waals surface area contributed by atoms with E-state index >= 15 is 0 Å². The van der Waals surface area contributed by atoms with Crippen LogP contribution in [0.1, 0.15) is 110 Å². The van der Waals surface area contributed by atoms with E-state index in [1.807, 2.05) is 53.8 Å². The first-order chi connectivity index (χ1) is 27.6. The second kappa shape index (κ2) is 59.5. The number of carbonyl (C=O) groups is 1. The summed E-state index contributed by atoms with van der Waals surface area (Å²) < 4.78 is 0. The van der Waals surface area contributed by atoms with Crippen molar-refractivity contribution in [3.8, 4) is 0 Å². The SMILES string of the molecule is CCNNC.CNNCN/N=C/C1CCCC1.CNNCN/N=C/C1CCCC1.CNNCN/N=C/C1CCCC1.CNNCNN.O=CC1CCCC1.[B].[C-]#N.[Na+]. The van der Waals surface area contributed by atoms with Gasteiger partial charge in [0.15, 0.2) is 0 Å². The molecule has 16 N–H and O–H groups in total. The Morgan fingerprint density at radius 3 is 0.948 bits per heavy atom. The summed E-state index contributed by atoms with van der Waals surface area (Å²) in [5, 5.41) is 18.6. The summed E-state index contributed by atoms with van der Waals surface area (Å²) in [6, 6.07) is 0. The molecule has 3 radical (unpaired) electrons. The summed E-state index contributed by atoms with van der Waals surface area (Å²) >= 11 is 0. The van der Waals surface area contributed by atoms with Crippen LogP contribution in [0.2, 0.25) is 0 Å². The van der Waals surface area contributed by atoms with Crippen LogP contribution in [0.3, 0.4) is 0 Å². The number of carbonyl (C=O) groups excluding carboxylic acids is 1. The van der Waals surface area contributed by atoms with Crippen molar-refractivity contribution in [1.29, 1.82) is 5.26 Å². The van der Waals surface area contributed by atoms with E-state index in [0.29, 0.717) is 50.3 Å². The van der Waals surface area contributed by atoms with Crippen LogP contribution in [0.5, 0.6) is 0 Å². The minimum absolute atomic E-state index is 0. The van der Waals surface area contributed by atoms with Gasteiger partial charge in [-0.1, -0.05) is 58.3 Å². The number of rotatable bonds is 21. The Kier molecular flexibility index (Phi) is 66.9. The third-order valence-corrected chi connectivity index (χ3v) is 8.68. The van der Waals surface area contributed by atoms with Gasteiger partial charge < -0.3 is 16.6 Å². The second-order valence-electron chi connectivity index (χ2n) is 13.0. The van der Waals surface area contributed by atoms with Gasteiger partial charge in [0, 0.05) is 39.5 Å². The molecule has 22 heteroatoms. The number of aldehydes is 1. The van der Waals surface area contributed by atoms with E-state index in [1.54, 1.807) is 7.05 Å². The van der Waals surface area contributed by atoms with E-state index < -0.39 is 0 Å². The van der Waals surface area contributed by atoms with Crippen molar-refractivity contribution < 1.29 is 34.4 Å². The Bertz CT molecular complexity index is 776. The van der Waals surface area contributed by atoms with Gasteiger partial charge >= 0.3 is 29.6 Å². The Morgan fingerprint density at radius 1 is 0.517 bits per heavy atom. The fourth-order valence-electron chi connectivity index (χ4n) is 5.72. The predicted octanol–water partition coefficient (Wildman–Crippen LogP) is -2.74. The summed E-state index contributed by atoms with van der Waals surface area (Å²) in [6.45, 7) is 10.3. The minimum Gasteiger partial charge on any atom is -0.512 e. The van der Waals surface area contributed by atoms with Crippen molar-refractivity contribution in [3.05, 3.63) is 6.57 Å². The molecule has 0 spiro atoms. The number of hydrogen-bond acceptors (Lipinski definition) is 20. The van der Waals surface area contributed by atoms with E-state index in [-0.39, 0.29) is 38.0 Å². The molecule has 0 aromatic heterocycles. The zero-order chi connectivity index (χ0) is 42.0. The van der Waals surface area contributed by atoms with Gasteiger partial charge in [-0.05, 0) is 104 Å². The molecule has 0 aromatic rings. The van der Waals surface area contributed by atoms with Gasteiger partial charge in [-0.25, -0.2) is 27.1 Å². The van der Waals surface area contributed by atoms with E-state index in [0.717, 1.165) is 25.7 Å². The molecule has 4 aliphatic carbocycles. The van der Waals surface area contributed by atoms with Crippen molar-refractivity contribution in [2.75, 3.05) is 68.5 Å². The van der Waals surface area contributed by atoms with Crippen molar-refractivity contribution in [3.63, 3.8) is 0 Å². The van der Waals surface area contributed by atoms with E-state index in [9.17, 15) is 4.79 Å². The molecule has 0 heterocycles. The molecular weight excluding hydrogens is 748 g/mol. The van der Waals surface area contributed by atoms with Crippen LogP contribution in [0.25, 0.3) is 0 Å². The third kappa shape index (κ3) is 52.2. The molecule has 0 unspecified atom stereocenters. The van der Waals surface area contributed by atoms with Gasteiger partial charge in [0.05, 0.1) is 26.7 Å². The van der Waals surface area contributed by atoms with Gasteiger partial charge in [-0.2, -0.15) is 15.3 Å². The third-order valence-electron chi connectivity index (χ3n) is 8.68. The van der Waals surface area contributed by atoms with E-state index in [1.165, 1.54) is 89.9 Å². The zero-order valence-corrected chi connectivity index (χ0v) is 39.3. The number of hydrogen-bond donors (Lipinski definition) is 15. The number of hydrazine groups is 6. The minimum atomic E-state index is 0. The fraction of sp³-hybridized carbons (Fsp3) is 0.861. The Hall–Kier alpha value is -1.85. The molecule has 0 aromatic carbocycles. The quantitative estimate of drug-likeness (QED) is 0.00817. The molecule has 4 fully saturated rings. The van der Waals surface area contributed by atoms with Gasteiger partial charge in [0.25, 0.3) is 0 Å². The summed E-state index contributed by atoms with van der Waals surface area (Å²) in [5.41, 5.74) is 39.3. The van der Waals surface area contributed by atoms with Crippen LogP contribution in [0.15, 0.2) is 15.3 Å². The second-order valence-corrected chi connectivity index (χ2v) is 13.0. The first-order valence-corrected chi connectivity index (χ1v) is 20.4. The van der Waals surface area contributed by atoms with Crippen molar-refractivity contribution >= 4 is 33.3 Å². The molecule has 0 saturated heterocycles.